The van der Waals surface area contributed by atoms with E-state index in [1.807, 2.05) is 6.07 Å². The number of benzene rings is 1. The Kier molecular flexibility index (Phi) is 4.42. The van der Waals surface area contributed by atoms with Gasteiger partial charge in [-0.1, -0.05) is 24.3 Å². The van der Waals surface area contributed by atoms with Crippen LogP contribution >= 0.6 is 11.3 Å². The third kappa shape index (κ3) is 3.02. The molecule has 4 rings (SSSR count). The van der Waals surface area contributed by atoms with E-state index >= 15 is 0 Å². The number of carbonyl (C=O) groups excluding carboxylic acids is 1. The Balaban J connectivity index is 1.44. The lowest BCUT2D eigenvalue weighted by Gasteiger charge is -2.40. The number of ether oxygens (including phenoxy) is 1. The molecular formula is C21H25NO2S. The summed E-state index contributed by atoms with van der Waals surface area (Å²) >= 11 is 1.58. The molecule has 4 heteroatoms. The zero-order valence-electron chi connectivity index (χ0n) is 15.0. The van der Waals surface area contributed by atoms with E-state index in [4.69, 9.17) is 4.74 Å². The highest BCUT2D eigenvalue weighted by atomic mass is 32.1. The fraction of sp³-hybridized carbons (Fsp3) is 0.476. The van der Waals surface area contributed by atoms with E-state index in [0.717, 1.165) is 19.6 Å². The van der Waals surface area contributed by atoms with Crippen LogP contribution in [0.15, 0.2) is 30.3 Å². The Morgan fingerprint density at radius 3 is 2.76 bits per heavy atom. The van der Waals surface area contributed by atoms with Crippen LogP contribution < -0.4 is 0 Å². The lowest BCUT2D eigenvalue weighted by molar-refractivity contribution is 0.0606. The first-order chi connectivity index (χ1) is 12.1. The summed E-state index contributed by atoms with van der Waals surface area (Å²) in [4.78, 5) is 16.3. The zero-order valence-corrected chi connectivity index (χ0v) is 15.8. The molecule has 1 aliphatic heterocycles. The van der Waals surface area contributed by atoms with Gasteiger partial charge in [-0.05, 0) is 73.9 Å². The first-order valence-corrected chi connectivity index (χ1v) is 9.91. The minimum absolute atomic E-state index is 0.223. The molecular weight excluding hydrogens is 330 g/mol. The van der Waals surface area contributed by atoms with Gasteiger partial charge in [-0.25, -0.2) is 4.79 Å². The SMILES string of the molecule is COC(=O)c1cc(C)c(CN2CCC3(CCc4ccccc43)CC2)s1. The number of hydrogen-bond acceptors (Lipinski definition) is 4. The maximum atomic E-state index is 11.7. The first-order valence-electron chi connectivity index (χ1n) is 9.10. The van der Waals surface area contributed by atoms with Gasteiger partial charge in [-0.15, -0.1) is 11.3 Å². The standard InChI is InChI=1S/C21H25NO2S/c1-15-13-18(20(23)24-2)25-19(15)14-22-11-9-21(10-12-22)8-7-16-5-3-4-6-17(16)21/h3-6,13H,7-12,14H2,1-2H3. The normalized spacial score (nSPS) is 19.1. The van der Waals surface area contributed by atoms with Crippen LogP contribution in [-0.4, -0.2) is 31.1 Å². The molecule has 0 atom stereocenters. The summed E-state index contributed by atoms with van der Waals surface area (Å²) in [6.07, 6.45) is 5.05. The minimum atomic E-state index is -0.223. The van der Waals surface area contributed by atoms with Crippen molar-refractivity contribution in [3.05, 3.63) is 56.8 Å². The van der Waals surface area contributed by atoms with E-state index in [-0.39, 0.29) is 5.97 Å². The summed E-state index contributed by atoms with van der Waals surface area (Å²) < 4.78 is 4.85. The Bertz CT molecular complexity index is 787. The molecule has 25 heavy (non-hydrogen) atoms. The van der Waals surface area contributed by atoms with Crippen molar-refractivity contribution in [2.75, 3.05) is 20.2 Å². The van der Waals surface area contributed by atoms with E-state index in [1.165, 1.54) is 43.2 Å². The molecule has 3 nitrogen and oxygen atoms in total. The van der Waals surface area contributed by atoms with Gasteiger partial charge in [0.05, 0.1) is 7.11 Å². The van der Waals surface area contributed by atoms with Gasteiger partial charge in [0.2, 0.25) is 0 Å². The predicted octanol–water partition coefficient (Wildman–Crippen LogP) is 4.32. The number of hydrogen-bond donors (Lipinski definition) is 0. The summed E-state index contributed by atoms with van der Waals surface area (Å²) in [5.41, 5.74) is 4.79. The number of carbonyl (C=O) groups is 1. The number of fused-ring (bicyclic) bond motifs is 2. The molecule has 2 aliphatic rings. The van der Waals surface area contributed by atoms with E-state index < -0.39 is 0 Å². The number of esters is 1. The highest BCUT2D eigenvalue weighted by molar-refractivity contribution is 7.14. The van der Waals surface area contributed by atoms with Crippen LogP contribution in [0.25, 0.3) is 0 Å². The number of aryl methyl sites for hydroxylation is 2. The zero-order chi connectivity index (χ0) is 17.4. The average molecular weight is 356 g/mol. The molecule has 0 bridgehead atoms. The molecule has 1 saturated heterocycles. The number of rotatable bonds is 3. The van der Waals surface area contributed by atoms with Crippen LogP contribution in [0.3, 0.4) is 0 Å². The van der Waals surface area contributed by atoms with Crippen molar-refractivity contribution in [3.8, 4) is 0 Å². The molecule has 1 aliphatic carbocycles. The molecule has 0 saturated carbocycles. The second-order valence-electron chi connectivity index (χ2n) is 7.42. The quantitative estimate of drug-likeness (QED) is 0.768. The van der Waals surface area contributed by atoms with Crippen LogP contribution in [0.1, 0.15) is 50.5 Å². The summed E-state index contributed by atoms with van der Waals surface area (Å²) in [6.45, 7) is 5.32. The van der Waals surface area contributed by atoms with Crippen molar-refractivity contribution in [1.29, 1.82) is 0 Å². The third-order valence-corrected chi connectivity index (χ3v) is 7.25. The van der Waals surface area contributed by atoms with Gasteiger partial charge in [0.15, 0.2) is 0 Å². The van der Waals surface area contributed by atoms with Crippen molar-refractivity contribution in [1.82, 2.24) is 4.90 Å². The molecule has 2 aromatic rings. The Hall–Kier alpha value is -1.65. The number of thiophene rings is 1. The molecule has 1 aromatic carbocycles. The summed E-state index contributed by atoms with van der Waals surface area (Å²) in [7, 11) is 1.45. The van der Waals surface area contributed by atoms with E-state index in [1.54, 1.807) is 22.5 Å². The first kappa shape index (κ1) is 16.8. The van der Waals surface area contributed by atoms with Crippen molar-refractivity contribution in [2.45, 2.75) is 44.6 Å². The predicted molar refractivity (Wildman–Crippen MR) is 101 cm³/mol. The van der Waals surface area contributed by atoms with Gasteiger partial charge in [0, 0.05) is 11.4 Å². The lowest BCUT2D eigenvalue weighted by atomic mass is 9.74. The Labute approximate surface area is 153 Å². The fourth-order valence-corrected chi connectivity index (χ4v) is 5.64. The number of methoxy groups -OCH3 is 1. The molecule has 0 radical (unpaired) electrons. The Morgan fingerprint density at radius 2 is 2.00 bits per heavy atom. The maximum Gasteiger partial charge on any atom is 0.348 e. The lowest BCUT2D eigenvalue weighted by Crippen LogP contribution is -2.41. The monoisotopic (exact) mass is 355 g/mol. The van der Waals surface area contributed by atoms with E-state index in [2.05, 4.69) is 36.1 Å². The van der Waals surface area contributed by atoms with Gasteiger partial charge >= 0.3 is 5.97 Å². The van der Waals surface area contributed by atoms with Crippen molar-refractivity contribution >= 4 is 17.3 Å². The second-order valence-corrected chi connectivity index (χ2v) is 8.56. The van der Waals surface area contributed by atoms with Crippen LogP contribution in [0.2, 0.25) is 0 Å². The fourth-order valence-electron chi connectivity index (χ4n) is 4.50. The Morgan fingerprint density at radius 1 is 1.24 bits per heavy atom. The molecule has 1 aromatic heterocycles. The summed E-state index contributed by atoms with van der Waals surface area (Å²) in [6, 6.07) is 11.0. The van der Waals surface area contributed by atoms with Crippen molar-refractivity contribution < 1.29 is 9.53 Å². The maximum absolute atomic E-state index is 11.7. The van der Waals surface area contributed by atoms with Crippen LogP contribution in [0, 0.1) is 6.92 Å². The number of piperidine rings is 1. The summed E-state index contributed by atoms with van der Waals surface area (Å²) in [5.74, 6) is -0.223. The summed E-state index contributed by atoms with van der Waals surface area (Å²) in [5, 5.41) is 0. The smallest absolute Gasteiger partial charge is 0.348 e. The van der Waals surface area contributed by atoms with E-state index in [9.17, 15) is 4.79 Å². The highest BCUT2D eigenvalue weighted by Crippen LogP contribution is 2.46. The topological polar surface area (TPSA) is 29.5 Å². The second kappa shape index (κ2) is 6.58. The molecule has 1 spiro atoms. The largest absolute Gasteiger partial charge is 0.465 e. The van der Waals surface area contributed by atoms with Crippen molar-refractivity contribution in [2.24, 2.45) is 0 Å². The molecule has 0 N–H and O–H groups in total. The number of nitrogens with zero attached hydrogens (tertiary/aromatic N) is 1. The molecule has 132 valence electrons. The molecule has 0 unspecified atom stereocenters. The van der Waals surface area contributed by atoms with Gasteiger partial charge in [-0.2, -0.15) is 0 Å². The highest BCUT2D eigenvalue weighted by Gasteiger charge is 2.40. The van der Waals surface area contributed by atoms with Gasteiger partial charge in [0.1, 0.15) is 4.88 Å². The van der Waals surface area contributed by atoms with Gasteiger partial charge in [0.25, 0.3) is 0 Å². The van der Waals surface area contributed by atoms with Gasteiger partial charge in [-0.3, -0.25) is 4.90 Å². The molecule has 0 amide bonds. The third-order valence-electron chi connectivity index (χ3n) is 6.05. The minimum Gasteiger partial charge on any atom is -0.465 e. The molecule has 2 heterocycles. The van der Waals surface area contributed by atoms with E-state index in [0.29, 0.717) is 10.3 Å². The van der Waals surface area contributed by atoms with Gasteiger partial charge < -0.3 is 4.74 Å². The van der Waals surface area contributed by atoms with Crippen molar-refractivity contribution in [3.63, 3.8) is 0 Å². The molecule has 1 fully saturated rings. The van der Waals surface area contributed by atoms with Crippen LogP contribution in [0.4, 0.5) is 0 Å². The van der Waals surface area contributed by atoms with Crippen LogP contribution in [-0.2, 0) is 23.1 Å². The number of likely N-dealkylation sites (tertiary alicyclic amines) is 1. The average Bonchev–Trinajstić information content (AvgIpc) is 3.18. The van der Waals surface area contributed by atoms with Crippen LogP contribution in [0.5, 0.6) is 0 Å².